The van der Waals surface area contributed by atoms with Gasteiger partial charge in [0.05, 0.1) is 11.6 Å². The highest BCUT2D eigenvalue weighted by Crippen LogP contribution is 2.13. The summed E-state index contributed by atoms with van der Waals surface area (Å²) in [4.78, 5) is 3.95. The first-order chi connectivity index (χ1) is 8.79. The molecule has 92 valence electrons. The number of hydrogen-bond acceptors (Lipinski definition) is 5. The monoisotopic (exact) mass is 242 g/mol. The molecule has 1 atom stereocenters. The van der Waals surface area contributed by atoms with E-state index in [2.05, 4.69) is 33.0 Å². The van der Waals surface area contributed by atoms with Gasteiger partial charge in [-0.3, -0.25) is 0 Å². The summed E-state index contributed by atoms with van der Waals surface area (Å²) in [6.07, 6.45) is 2.05. The molecule has 0 amide bonds. The van der Waals surface area contributed by atoms with Gasteiger partial charge in [-0.15, -0.1) is 0 Å². The summed E-state index contributed by atoms with van der Waals surface area (Å²) in [7, 11) is 0. The molecule has 1 aromatic carbocycles. The van der Waals surface area contributed by atoms with E-state index in [1.807, 2.05) is 18.2 Å². The minimum Gasteiger partial charge on any atom is -0.343 e. The van der Waals surface area contributed by atoms with Gasteiger partial charge in [0.1, 0.15) is 0 Å². The molecule has 1 unspecified atom stereocenters. The first-order valence-corrected chi connectivity index (χ1v) is 5.78. The molecule has 2 rings (SSSR count). The van der Waals surface area contributed by atoms with Crippen LogP contribution in [0.1, 0.15) is 29.9 Å². The van der Waals surface area contributed by atoms with Gasteiger partial charge < -0.3 is 9.84 Å². The number of benzene rings is 1. The lowest BCUT2D eigenvalue weighted by Gasteiger charge is -2.13. The minimum absolute atomic E-state index is 0.185. The van der Waals surface area contributed by atoms with Gasteiger partial charge in [0.15, 0.2) is 5.82 Å². The van der Waals surface area contributed by atoms with E-state index in [4.69, 9.17) is 5.26 Å². The fourth-order valence-electron chi connectivity index (χ4n) is 1.70. The van der Waals surface area contributed by atoms with Crippen molar-refractivity contribution in [2.24, 2.45) is 0 Å². The van der Waals surface area contributed by atoms with E-state index in [-0.39, 0.29) is 6.04 Å². The largest absolute Gasteiger partial charge is 0.343 e. The fourth-order valence-corrected chi connectivity index (χ4v) is 1.70. The molecule has 0 spiro atoms. The third kappa shape index (κ3) is 3.15. The zero-order chi connectivity index (χ0) is 12.8. The van der Waals surface area contributed by atoms with Crippen LogP contribution in [0.2, 0.25) is 0 Å². The van der Waals surface area contributed by atoms with E-state index < -0.39 is 0 Å². The van der Waals surface area contributed by atoms with Gasteiger partial charge in [0, 0.05) is 19.0 Å². The minimum atomic E-state index is 0.185. The average molecular weight is 242 g/mol. The van der Waals surface area contributed by atoms with Crippen LogP contribution in [0.5, 0.6) is 0 Å². The third-order valence-electron chi connectivity index (χ3n) is 2.72. The summed E-state index contributed by atoms with van der Waals surface area (Å²) < 4.78 is 4.66. The zero-order valence-electron chi connectivity index (χ0n) is 10.1. The molecule has 0 aliphatic rings. The summed E-state index contributed by atoms with van der Waals surface area (Å²) >= 11 is 0. The van der Waals surface area contributed by atoms with E-state index in [9.17, 15) is 0 Å². The summed E-state index contributed by atoms with van der Waals surface area (Å²) in [5.74, 6) is 0.695. The molecule has 0 aliphatic carbocycles. The fraction of sp³-hybridized carbons (Fsp3) is 0.308. The van der Waals surface area contributed by atoms with Crippen LogP contribution in [0.3, 0.4) is 0 Å². The van der Waals surface area contributed by atoms with Gasteiger partial charge in [-0.05, 0) is 24.6 Å². The molecule has 18 heavy (non-hydrogen) atoms. The van der Waals surface area contributed by atoms with Crippen molar-refractivity contribution in [2.75, 3.05) is 6.54 Å². The van der Waals surface area contributed by atoms with Crippen molar-refractivity contribution in [3.8, 4) is 6.07 Å². The van der Waals surface area contributed by atoms with E-state index in [1.165, 1.54) is 6.39 Å². The Balaban J connectivity index is 1.87. The number of nitrogens with zero attached hydrogens (tertiary/aromatic N) is 3. The molecule has 2 aromatic rings. The summed E-state index contributed by atoms with van der Waals surface area (Å²) in [5, 5.41) is 15.9. The predicted molar refractivity (Wildman–Crippen MR) is 65.6 cm³/mol. The Morgan fingerprint density at radius 3 is 3.11 bits per heavy atom. The van der Waals surface area contributed by atoms with Crippen LogP contribution in [-0.4, -0.2) is 16.7 Å². The van der Waals surface area contributed by atoms with Crippen molar-refractivity contribution >= 4 is 0 Å². The lowest BCUT2D eigenvalue weighted by molar-refractivity contribution is 0.408. The van der Waals surface area contributed by atoms with Gasteiger partial charge in [-0.1, -0.05) is 17.3 Å². The maximum Gasteiger partial charge on any atom is 0.213 e. The van der Waals surface area contributed by atoms with Crippen molar-refractivity contribution in [3.05, 3.63) is 47.6 Å². The maximum atomic E-state index is 8.85. The number of rotatable bonds is 5. The van der Waals surface area contributed by atoms with Crippen molar-refractivity contribution in [1.29, 1.82) is 5.26 Å². The molecule has 0 saturated heterocycles. The predicted octanol–water partition coefficient (Wildman–Crippen LogP) is 1.83. The lowest BCUT2D eigenvalue weighted by Crippen LogP contribution is -2.21. The SMILES string of the molecule is CC(NCCc1ncon1)c1cccc(C#N)c1. The van der Waals surface area contributed by atoms with E-state index in [0.717, 1.165) is 18.5 Å². The first kappa shape index (κ1) is 12.3. The van der Waals surface area contributed by atoms with Gasteiger partial charge in [-0.2, -0.15) is 10.2 Å². The molecule has 5 heteroatoms. The highest BCUT2D eigenvalue weighted by molar-refractivity contribution is 5.33. The Morgan fingerprint density at radius 1 is 1.50 bits per heavy atom. The van der Waals surface area contributed by atoms with Crippen LogP contribution in [0, 0.1) is 11.3 Å². The van der Waals surface area contributed by atoms with Crippen molar-refractivity contribution < 1.29 is 4.52 Å². The summed E-state index contributed by atoms with van der Waals surface area (Å²) in [6, 6.07) is 9.92. The molecular formula is C13H14N4O. The van der Waals surface area contributed by atoms with E-state index in [1.54, 1.807) is 6.07 Å². The second-order valence-corrected chi connectivity index (χ2v) is 4.01. The van der Waals surface area contributed by atoms with Crippen molar-refractivity contribution in [2.45, 2.75) is 19.4 Å². The van der Waals surface area contributed by atoms with Gasteiger partial charge in [-0.25, -0.2) is 0 Å². The van der Waals surface area contributed by atoms with Crippen molar-refractivity contribution in [3.63, 3.8) is 0 Å². The second kappa shape index (κ2) is 5.94. The number of hydrogen-bond donors (Lipinski definition) is 1. The normalized spacial score (nSPS) is 12.0. The number of nitrogens with one attached hydrogen (secondary N) is 1. The standard InChI is InChI=1S/C13H14N4O/c1-10(12-4-2-3-11(7-12)8-14)15-6-5-13-16-9-18-17-13/h2-4,7,9-10,15H,5-6H2,1H3. The van der Waals surface area contributed by atoms with E-state index in [0.29, 0.717) is 11.4 Å². The molecule has 0 saturated carbocycles. The lowest BCUT2D eigenvalue weighted by atomic mass is 10.1. The number of aromatic nitrogens is 2. The second-order valence-electron chi connectivity index (χ2n) is 4.01. The van der Waals surface area contributed by atoms with Gasteiger partial charge in [0.2, 0.25) is 6.39 Å². The van der Waals surface area contributed by atoms with Crippen LogP contribution in [0.15, 0.2) is 35.2 Å². The maximum absolute atomic E-state index is 8.85. The van der Waals surface area contributed by atoms with Crippen LogP contribution >= 0.6 is 0 Å². The topological polar surface area (TPSA) is 74.7 Å². The Kier molecular flexibility index (Phi) is 4.05. The van der Waals surface area contributed by atoms with Crippen LogP contribution < -0.4 is 5.32 Å². The van der Waals surface area contributed by atoms with Crippen molar-refractivity contribution in [1.82, 2.24) is 15.5 Å². The zero-order valence-corrected chi connectivity index (χ0v) is 10.1. The Labute approximate surface area is 105 Å². The molecule has 5 nitrogen and oxygen atoms in total. The first-order valence-electron chi connectivity index (χ1n) is 5.78. The highest BCUT2D eigenvalue weighted by Gasteiger charge is 2.06. The van der Waals surface area contributed by atoms with Crippen LogP contribution in [-0.2, 0) is 6.42 Å². The van der Waals surface area contributed by atoms with Crippen LogP contribution in [0.4, 0.5) is 0 Å². The summed E-state index contributed by atoms with van der Waals surface area (Å²) in [5.41, 5.74) is 1.78. The molecule has 0 radical (unpaired) electrons. The van der Waals surface area contributed by atoms with Gasteiger partial charge in [0.25, 0.3) is 0 Å². The number of nitriles is 1. The average Bonchev–Trinajstić information content (AvgIpc) is 2.92. The molecule has 0 fully saturated rings. The Morgan fingerprint density at radius 2 is 2.39 bits per heavy atom. The smallest absolute Gasteiger partial charge is 0.213 e. The molecule has 1 heterocycles. The van der Waals surface area contributed by atoms with E-state index >= 15 is 0 Å². The third-order valence-corrected chi connectivity index (χ3v) is 2.72. The summed E-state index contributed by atoms with van der Waals surface area (Å²) in [6.45, 7) is 2.82. The molecule has 0 bridgehead atoms. The molecular weight excluding hydrogens is 228 g/mol. The molecule has 1 N–H and O–H groups in total. The molecule has 1 aromatic heterocycles. The molecule has 0 aliphatic heterocycles. The van der Waals surface area contributed by atoms with Gasteiger partial charge >= 0.3 is 0 Å². The quantitative estimate of drug-likeness (QED) is 0.865. The van der Waals surface area contributed by atoms with Crippen LogP contribution in [0.25, 0.3) is 0 Å². The Bertz CT molecular complexity index is 530. The highest BCUT2D eigenvalue weighted by atomic mass is 16.5. The Hall–Kier alpha value is -2.19.